The highest BCUT2D eigenvalue weighted by Crippen LogP contribution is 2.40. The lowest BCUT2D eigenvalue weighted by molar-refractivity contribution is -0.0641. The van der Waals surface area contributed by atoms with Crippen LogP contribution in [0.25, 0.3) is 0 Å². The third-order valence-electron chi connectivity index (χ3n) is 8.70. The monoisotopic (exact) mass is 661 g/mol. The Morgan fingerprint density at radius 2 is 0.938 bits per heavy atom. The van der Waals surface area contributed by atoms with Crippen molar-refractivity contribution in [1.29, 1.82) is 0 Å². The highest BCUT2D eigenvalue weighted by molar-refractivity contribution is 5.63. The summed E-state index contributed by atoms with van der Waals surface area (Å²) in [5.74, 6) is 0. The number of hydrogen-bond donors (Lipinski definition) is 3. The number of carbonyl (C=O) groups is 1. The number of unbranched alkanes of at least 4 members (excludes halogenated alkanes) is 15. The number of hydrogen-bond acceptors (Lipinski definition) is 4. The normalized spacial score (nSPS) is 11.8. The molecular formula is C42H63NO5. The molecule has 0 aliphatic carbocycles. The SMILES string of the molecule is CCCCCCCCCCCCCCCCCCOCC(O)COC(c1ccccc1)(c1ccccc1)c1ccccc1.CNC(=O)O. The van der Waals surface area contributed by atoms with Gasteiger partial charge in [-0.25, -0.2) is 4.79 Å². The van der Waals surface area contributed by atoms with Crippen molar-refractivity contribution in [2.24, 2.45) is 0 Å². The Morgan fingerprint density at radius 1 is 0.604 bits per heavy atom. The van der Waals surface area contributed by atoms with Gasteiger partial charge in [-0.15, -0.1) is 0 Å². The number of carboxylic acid groups (broad SMARTS) is 1. The van der Waals surface area contributed by atoms with Crippen LogP contribution in [0.4, 0.5) is 4.79 Å². The maximum absolute atomic E-state index is 10.8. The van der Waals surface area contributed by atoms with Crippen molar-refractivity contribution < 1.29 is 24.5 Å². The van der Waals surface area contributed by atoms with Gasteiger partial charge in [-0.2, -0.15) is 0 Å². The Balaban J connectivity index is 0.00000149. The molecule has 0 saturated carbocycles. The smallest absolute Gasteiger partial charge is 0.404 e. The summed E-state index contributed by atoms with van der Waals surface area (Å²) < 4.78 is 12.6. The van der Waals surface area contributed by atoms with Gasteiger partial charge in [0.05, 0.1) is 13.2 Å². The fourth-order valence-electron chi connectivity index (χ4n) is 6.01. The van der Waals surface area contributed by atoms with Crippen LogP contribution in [0, 0.1) is 0 Å². The number of rotatable bonds is 25. The first-order valence-electron chi connectivity index (χ1n) is 18.5. The zero-order valence-corrected chi connectivity index (χ0v) is 29.8. The van der Waals surface area contributed by atoms with Gasteiger partial charge in [0, 0.05) is 13.7 Å². The standard InChI is InChI=1S/C40H58O3.C2H5NO2/c1-2-3-4-5-6-7-8-9-10-11-12-13-14-15-16-26-33-42-34-39(41)35-43-40(36-27-20-17-21-28-36,37-29-22-18-23-30-37)38-31-24-19-25-32-38;1-3-2(4)5/h17-25,27-32,39,41H,2-16,26,33-35H2,1H3;3H,1H3,(H,4,5). The molecule has 0 saturated heterocycles. The Hall–Kier alpha value is -3.19. The third kappa shape index (κ3) is 16.8. The first-order chi connectivity index (χ1) is 23.5. The summed E-state index contributed by atoms with van der Waals surface area (Å²) >= 11 is 0. The predicted molar refractivity (Wildman–Crippen MR) is 199 cm³/mol. The van der Waals surface area contributed by atoms with Crippen molar-refractivity contribution in [2.75, 3.05) is 26.9 Å². The van der Waals surface area contributed by atoms with Gasteiger partial charge in [0.15, 0.2) is 0 Å². The van der Waals surface area contributed by atoms with E-state index in [-0.39, 0.29) is 13.2 Å². The summed E-state index contributed by atoms with van der Waals surface area (Å²) in [5.41, 5.74) is 2.29. The molecule has 0 aliphatic rings. The van der Waals surface area contributed by atoms with Crippen LogP contribution >= 0.6 is 0 Å². The van der Waals surface area contributed by atoms with E-state index >= 15 is 0 Å². The average molecular weight is 662 g/mol. The number of aliphatic hydroxyl groups is 1. The van der Waals surface area contributed by atoms with Crippen molar-refractivity contribution in [3.05, 3.63) is 108 Å². The molecule has 0 aliphatic heterocycles. The molecule has 3 aromatic rings. The van der Waals surface area contributed by atoms with E-state index in [2.05, 4.69) is 43.3 Å². The third-order valence-corrected chi connectivity index (χ3v) is 8.70. The highest BCUT2D eigenvalue weighted by Gasteiger charge is 2.38. The Kier molecular flexibility index (Phi) is 22.8. The Bertz CT molecular complexity index is 1060. The molecule has 3 N–H and O–H groups in total. The molecule has 0 heterocycles. The molecule has 3 rings (SSSR count). The van der Waals surface area contributed by atoms with Gasteiger partial charge in [0.1, 0.15) is 11.7 Å². The zero-order chi connectivity index (χ0) is 34.5. The van der Waals surface area contributed by atoms with E-state index in [1.54, 1.807) is 0 Å². The molecule has 6 heteroatoms. The molecule has 1 amide bonds. The molecule has 1 atom stereocenters. The molecule has 0 aromatic heterocycles. The van der Waals surface area contributed by atoms with E-state index in [1.807, 2.05) is 59.9 Å². The molecule has 6 nitrogen and oxygen atoms in total. The second-order valence-corrected chi connectivity index (χ2v) is 12.7. The minimum absolute atomic E-state index is 0.178. The fraction of sp³-hybridized carbons (Fsp3) is 0.548. The lowest BCUT2D eigenvalue weighted by Gasteiger charge is -2.36. The summed E-state index contributed by atoms with van der Waals surface area (Å²) in [7, 11) is 1.35. The van der Waals surface area contributed by atoms with Crippen LogP contribution in [-0.4, -0.2) is 49.3 Å². The number of aliphatic hydroxyl groups excluding tert-OH is 1. The summed E-state index contributed by atoms with van der Waals surface area (Å²) in [6, 6.07) is 30.9. The van der Waals surface area contributed by atoms with Crippen LogP contribution in [0.1, 0.15) is 126 Å². The van der Waals surface area contributed by atoms with Gasteiger partial charge in [-0.05, 0) is 23.1 Å². The number of nitrogens with one attached hydrogen (secondary N) is 1. The minimum Gasteiger partial charge on any atom is -0.465 e. The summed E-state index contributed by atoms with van der Waals surface area (Å²) in [6.07, 6.45) is 20.1. The van der Waals surface area contributed by atoms with E-state index in [0.717, 1.165) is 23.1 Å². The van der Waals surface area contributed by atoms with Crippen molar-refractivity contribution in [1.82, 2.24) is 5.32 Å². The van der Waals surface area contributed by atoms with Gasteiger partial charge in [0.25, 0.3) is 0 Å². The molecule has 0 spiro atoms. The van der Waals surface area contributed by atoms with Crippen molar-refractivity contribution >= 4 is 6.09 Å². The van der Waals surface area contributed by atoms with Gasteiger partial charge in [-0.3, -0.25) is 0 Å². The lowest BCUT2D eigenvalue weighted by atomic mass is 9.80. The van der Waals surface area contributed by atoms with Crippen LogP contribution < -0.4 is 5.32 Å². The maximum atomic E-state index is 10.8. The fourth-order valence-corrected chi connectivity index (χ4v) is 6.01. The first-order valence-corrected chi connectivity index (χ1v) is 18.5. The zero-order valence-electron chi connectivity index (χ0n) is 29.8. The quantitative estimate of drug-likeness (QED) is 0.0621. The van der Waals surface area contributed by atoms with Gasteiger partial charge >= 0.3 is 6.09 Å². The second-order valence-electron chi connectivity index (χ2n) is 12.7. The molecular weight excluding hydrogens is 598 g/mol. The van der Waals surface area contributed by atoms with Crippen molar-refractivity contribution in [2.45, 2.75) is 121 Å². The van der Waals surface area contributed by atoms with E-state index in [0.29, 0.717) is 6.61 Å². The van der Waals surface area contributed by atoms with Gasteiger partial charge < -0.3 is 25.0 Å². The van der Waals surface area contributed by atoms with Crippen LogP contribution in [0.3, 0.4) is 0 Å². The second kappa shape index (κ2) is 26.7. The topological polar surface area (TPSA) is 88.0 Å². The summed E-state index contributed by atoms with van der Waals surface area (Å²) in [5, 5.41) is 20.4. The van der Waals surface area contributed by atoms with E-state index in [9.17, 15) is 9.90 Å². The average Bonchev–Trinajstić information content (AvgIpc) is 3.13. The van der Waals surface area contributed by atoms with Crippen LogP contribution in [0.2, 0.25) is 0 Å². The number of amides is 1. The molecule has 0 bridgehead atoms. The summed E-state index contributed by atoms with van der Waals surface area (Å²) in [4.78, 5) is 9.26. The predicted octanol–water partition coefficient (Wildman–Crippen LogP) is 10.5. The Labute approximate surface area is 291 Å². The van der Waals surface area contributed by atoms with E-state index in [4.69, 9.17) is 14.6 Å². The molecule has 48 heavy (non-hydrogen) atoms. The molecule has 1 unspecified atom stereocenters. The van der Waals surface area contributed by atoms with Gasteiger partial charge in [0.2, 0.25) is 0 Å². The minimum atomic E-state index is -0.995. The molecule has 0 fully saturated rings. The van der Waals surface area contributed by atoms with Crippen molar-refractivity contribution in [3.8, 4) is 0 Å². The Morgan fingerprint density at radius 3 is 1.27 bits per heavy atom. The molecule has 266 valence electrons. The van der Waals surface area contributed by atoms with E-state index < -0.39 is 17.8 Å². The number of benzene rings is 3. The van der Waals surface area contributed by atoms with E-state index in [1.165, 1.54) is 103 Å². The van der Waals surface area contributed by atoms with Crippen LogP contribution in [-0.2, 0) is 15.1 Å². The number of ether oxygens (including phenoxy) is 2. The maximum Gasteiger partial charge on any atom is 0.404 e. The lowest BCUT2D eigenvalue weighted by Crippen LogP contribution is -2.36. The van der Waals surface area contributed by atoms with Gasteiger partial charge in [-0.1, -0.05) is 194 Å². The highest BCUT2D eigenvalue weighted by atomic mass is 16.5. The van der Waals surface area contributed by atoms with Crippen LogP contribution in [0.15, 0.2) is 91.0 Å². The largest absolute Gasteiger partial charge is 0.465 e. The van der Waals surface area contributed by atoms with Crippen molar-refractivity contribution in [3.63, 3.8) is 0 Å². The molecule has 0 radical (unpaired) electrons. The first kappa shape index (κ1) is 41.0. The summed E-state index contributed by atoms with van der Waals surface area (Å²) in [6.45, 7) is 3.44. The van der Waals surface area contributed by atoms with Crippen LogP contribution in [0.5, 0.6) is 0 Å². The molecule has 3 aromatic carbocycles.